The first-order chi connectivity index (χ1) is 11.0. The van der Waals surface area contributed by atoms with Gasteiger partial charge in [-0.05, 0) is 26.3 Å². The molecule has 0 unspecified atom stereocenters. The van der Waals surface area contributed by atoms with Gasteiger partial charge in [-0.1, -0.05) is 18.2 Å². The van der Waals surface area contributed by atoms with Gasteiger partial charge in [-0.25, -0.2) is 4.79 Å². The van der Waals surface area contributed by atoms with Crippen LogP contribution in [0, 0.1) is 6.92 Å². The second-order valence-corrected chi connectivity index (χ2v) is 5.77. The third kappa shape index (κ3) is 2.84. The molecule has 0 spiro atoms. The van der Waals surface area contributed by atoms with E-state index in [1.807, 2.05) is 31.2 Å². The number of nitrogens with one attached hydrogen (secondary N) is 2. The molecule has 1 aliphatic heterocycles. The molecule has 2 N–H and O–H groups in total. The minimum atomic E-state index is -0.905. The summed E-state index contributed by atoms with van der Waals surface area (Å²) in [6, 6.07) is 6.85. The summed E-state index contributed by atoms with van der Waals surface area (Å²) in [4.78, 5) is 39.0. The smallest absolute Gasteiger partial charge is 0.329 e. The predicted molar refractivity (Wildman–Crippen MR) is 84.1 cm³/mol. The molecule has 6 heteroatoms. The fourth-order valence-corrected chi connectivity index (χ4v) is 2.90. The lowest BCUT2D eigenvalue weighted by atomic mass is 10.0. The lowest BCUT2D eigenvalue weighted by molar-refractivity contribution is -0.149. The number of H-pyrrole nitrogens is 1. The van der Waals surface area contributed by atoms with Crippen molar-refractivity contribution in [1.82, 2.24) is 10.3 Å². The molecule has 1 amide bonds. The third-order valence-corrected chi connectivity index (χ3v) is 4.08. The first-order valence-corrected chi connectivity index (χ1v) is 7.58. The molecule has 1 aromatic carbocycles. The minimum absolute atomic E-state index is 0.168. The molecule has 2 heterocycles. The van der Waals surface area contributed by atoms with E-state index < -0.39 is 18.1 Å². The Balaban J connectivity index is 1.78. The van der Waals surface area contributed by atoms with Gasteiger partial charge in [0.05, 0.1) is 0 Å². The molecule has 0 bridgehead atoms. The van der Waals surface area contributed by atoms with Gasteiger partial charge in [0.25, 0.3) is 0 Å². The lowest BCUT2D eigenvalue weighted by Crippen LogP contribution is -2.37. The van der Waals surface area contributed by atoms with Crippen molar-refractivity contribution in [3.05, 3.63) is 35.5 Å². The van der Waals surface area contributed by atoms with Crippen LogP contribution >= 0.6 is 0 Å². The molecule has 2 aromatic rings. The summed E-state index contributed by atoms with van der Waals surface area (Å²) >= 11 is 0. The van der Waals surface area contributed by atoms with Gasteiger partial charge in [0, 0.05) is 28.6 Å². The number of hydrogen-bond acceptors (Lipinski definition) is 4. The van der Waals surface area contributed by atoms with E-state index in [1.54, 1.807) is 6.92 Å². The Morgan fingerprint density at radius 1 is 1.30 bits per heavy atom. The zero-order valence-corrected chi connectivity index (χ0v) is 13.0. The molecule has 6 nitrogen and oxygen atoms in total. The van der Waals surface area contributed by atoms with Crippen LogP contribution in [0.2, 0.25) is 0 Å². The van der Waals surface area contributed by atoms with E-state index in [0.29, 0.717) is 18.4 Å². The summed E-state index contributed by atoms with van der Waals surface area (Å²) in [6.07, 6.45) is -0.188. The number of Topliss-reactive ketones (excluding diaryl/α,β-unsaturated/α-hetero) is 1. The number of aromatic nitrogens is 1. The van der Waals surface area contributed by atoms with Crippen molar-refractivity contribution in [2.24, 2.45) is 0 Å². The number of hydrogen-bond donors (Lipinski definition) is 2. The Labute approximate surface area is 133 Å². The zero-order chi connectivity index (χ0) is 16.6. The van der Waals surface area contributed by atoms with Crippen molar-refractivity contribution in [3.8, 4) is 0 Å². The Morgan fingerprint density at radius 2 is 2.04 bits per heavy atom. The van der Waals surface area contributed by atoms with Crippen LogP contribution in [-0.2, 0) is 14.3 Å². The summed E-state index contributed by atoms with van der Waals surface area (Å²) in [5.74, 6) is -0.981. The van der Waals surface area contributed by atoms with Crippen LogP contribution in [0.4, 0.5) is 0 Å². The molecule has 2 atom stereocenters. The maximum atomic E-state index is 12.7. The largest absolute Gasteiger partial charge is 0.453 e. The second-order valence-electron chi connectivity index (χ2n) is 5.77. The van der Waals surface area contributed by atoms with Gasteiger partial charge in [-0.15, -0.1) is 0 Å². The van der Waals surface area contributed by atoms with E-state index >= 15 is 0 Å². The van der Waals surface area contributed by atoms with Crippen molar-refractivity contribution in [2.45, 2.75) is 38.8 Å². The Morgan fingerprint density at radius 3 is 2.74 bits per heavy atom. The fraction of sp³-hybridized carbons (Fsp3) is 0.353. The van der Waals surface area contributed by atoms with Gasteiger partial charge >= 0.3 is 5.97 Å². The van der Waals surface area contributed by atoms with Gasteiger partial charge in [-0.3, -0.25) is 9.59 Å². The number of amides is 1. The molecule has 120 valence electrons. The molecular formula is C17H18N2O4. The van der Waals surface area contributed by atoms with E-state index in [2.05, 4.69) is 10.3 Å². The molecule has 0 radical (unpaired) electrons. The van der Waals surface area contributed by atoms with E-state index in [9.17, 15) is 14.4 Å². The Hall–Kier alpha value is -2.63. The standard InChI is InChI=1S/C17H18N2O4/c1-9-15(11-5-3-4-6-12(11)18-9)16(21)10(2)23-17(22)13-7-8-14(20)19-13/h3-6,10,13,18H,7-8H2,1-2H3,(H,19,20)/t10-,13-/m1/s1. The maximum Gasteiger partial charge on any atom is 0.329 e. The summed E-state index contributed by atoms with van der Waals surface area (Å²) in [6.45, 7) is 3.37. The van der Waals surface area contributed by atoms with E-state index in [-0.39, 0.29) is 11.7 Å². The van der Waals surface area contributed by atoms with E-state index in [1.165, 1.54) is 0 Å². The molecule has 23 heavy (non-hydrogen) atoms. The fourth-order valence-electron chi connectivity index (χ4n) is 2.90. The molecule has 0 saturated carbocycles. The first-order valence-electron chi connectivity index (χ1n) is 7.58. The van der Waals surface area contributed by atoms with Crippen LogP contribution in [0.3, 0.4) is 0 Å². The predicted octanol–water partition coefficient (Wildman–Crippen LogP) is 1.87. The number of esters is 1. The maximum absolute atomic E-state index is 12.7. The summed E-state index contributed by atoms with van der Waals surface area (Å²) in [7, 11) is 0. The lowest BCUT2D eigenvalue weighted by Gasteiger charge is -2.15. The number of carbonyl (C=O) groups is 3. The van der Waals surface area contributed by atoms with Crippen molar-refractivity contribution >= 4 is 28.6 Å². The van der Waals surface area contributed by atoms with E-state index in [0.717, 1.165) is 16.6 Å². The van der Waals surface area contributed by atoms with Gasteiger partial charge in [0.2, 0.25) is 11.7 Å². The summed E-state index contributed by atoms with van der Waals surface area (Å²) in [5, 5.41) is 3.35. The van der Waals surface area contributed by atoms with Crippen LogP contribution in [0.5, 0.6) is 0 Å². The number of benzene rings is 1. The average molecular weight is 314 g/mol. The molecule has 3 rings (SSSR count). The number of aryl methyl sites for hydroxylation is 1. The normalized spacial score (nSPS) is 18.7. The number of aromatic amines is 1. The molecular weight excluding hydrogens is 296 g/mol. The second kappa shape index (κ2) is 5.87. The van der Waals surface area contributed by atoms with Crippen LogP contribution in [0.1, 0.15) is 35.8 Å². The molecule has 0 aliphatic carbocycles. The van der Waals surface area contributed by atoms with Crippen LogP contribution < -0.4 is 5.32 Å². The van der Waals surface area contributed by atoms with Crippen molar-refractivity contribution < 1.29 is 19.1 Å². The van der Waals surface area contributed by atoms with Gasteiger partial charge in [0.1, 0.15) is 6.04 Å². The topological polar surface area (TPSA) is 88.3 Å². The van der Waals surface area contributed by atoms with Gasteiger partial charge in [-0.2, -0.15) is 0 Å². The molecule has 1 fully saturated rings. The Kier molecular flexibility index (Phi) is 3.90. The third-order valence-electron chi connectivity index (χ3n) is 4.08. The van der Waals surface area contributed by atoms with Gasteiger partial charge < -0.3 is 15.0 Å². The summed E-state index contributed by atoms with van der Waals surface area (Å²) < 4.78 is 5.26. The molecule has 1 aromatic heterocycles. The minimum Gasteiger partial charge on any atom is -0.453 e. The number of carbonyl (C=O) groups excluding carboxylic acids is 3. The average Bonchev–Trinajstić information content (AvgIpc) is 3.09. The number of ether oxygens (including phenoxy) is 1. The van der Waals surface area contributed by atoms with Crippen molar-refractivity contribution in [2.75, 3.05) is 0 Å². The number of ketones is 1. The molecule has 1 aliphatic rings. The quantitative estimate of drug-likeness (QED) is 0.666. The van der Waals surface area contributed by atoms with Crippen LogP contribution in [0.15, 0.2) is 24.3 Å². The highest BCUT2D eigenvalue weighted by molar-refractivity contribution is 6.11. The number of para-hydroxylation sites is 1. The van der Waals surface area contributed by atoms with Crippen LogP contribution in [-0.4, -0.2) is 34.8 Å². The van der Waals surface area contributed by atoms with Crippen molar-refractivity contribution in [3.63, 3.8) is 0 Å². The monoisotopic (exact) mass is 314 g/mol. The molecule has 1 saturated heterocycles. The number of rotatable bonds is 4. The Bertz CT molecular complexity index is 793. The van der Waals surface area contributed by atoms with Gasteiger partial charge in [0.15, 0.2) is 6.10 Å². The highest BCUT2D eigenvalue weighted by atomic mass is 16.5. The number of fused-ring (bicyclic) bond motifs is 1. The highest BCUT2D eigenvalue weighted by Crippen LogP contribution is 2.24. The SMILES string of the molecule is Cc1[nH]c2ccccc2c1C(=O)[C@@H](C)OC(=O)[C@H]1CCC(=O)N1. The van der Waals surface area contributed by atoms with Crippen molar-refractivity contribution in [1.29, 1.82) is 0 Å². The highest BCUT2D eigenvalue weighted by Gasteiger charge is 2.31. The van der Waals surface area contributed by atoms with E-state index in [4.69, 9.17) is 4.74 Å². The zero-order valence-electron chi connectivity index (χ0n) is 13.0. The van der Waals surface area contributed by atoms with Crippen LogP contribution in [0.25, 0.3) is 10.9 Å². The summed E-state index contributed by atoms with van der Waals surface area (Å²) in [5.41, 5.74) is 2.15. The first kappa shape index (κ1) is 15.3.